The van der Waals surface area contributed by atoms with Crippen molar-refractivity contribution in [1.82, 2.24) is 13.5 Å². The van der Waals surface area contributed by atoms with Crippen LogP contribution in [0.25, 0.3) is 27.0 Å². The summed E-state index contributed by atoms with van der Waals surface area (Å²) in [6.07, 6.45) is -4.85. The number of nitrogens with zero attached hydrogens (tertiary/aromatic N) is 3. The normalized spacial score (nSPS) is 11.7. The van der Waals surface area contributed by atoms with E-state index in [0.29, 0.717) is 37.6 Å². The first kappa shape index (κ1) is 24.2. The number of carboxylic acids is 1. The number of benzene rings is 2. The number of hydrogen-bond donors (Lipinski definition) is 1. The van der Waals surface area contributed by atoms with E-state index in [4.69, 9.17) is 9.84 Å². The summed E-state index contributed by atoms with van der Waals surface area (Å²) in [6, 6.07) is 10.0. The number of aliphatic carboxylic acids is 1. The number of ether oxygens (including phenoxy) is 1. The Labute approximate surface area is 199 Å². The van der Waals surface area contributed by atoms with Gasteiger partial charge < -0.3 is 9.84 Å². The quantitative estimate of drug-likeness (QED) is 0.424. The molecule has 0 aliphatic heterocycles. The molecule has 35 heavy (non-hydrogen) atoms. The lowest BCUT2D eigenvalue weighted by Gasteiger charge is -2.16. The van der Waals surface area contributed by atoms with Crippen LogP contribution in [0.4, 0.5) is 13.2 Å². The molecule has 12 heteroatoms. The van der Waals surface area contributed by atoms with Gasteiger partial charge in [-0.15, -0.1) is 0 Å². The minimum absolute atomic E-state index is 0.0980. The van der Waals surface area contributed by atoms with E-state index in [1.165, 1.54) is 19.1 Å². The standard InChI is InChI=1S/C23H18F3N3O5S/c1-3-28-18(23(24,25)26)10-19(30)29(22(28)33)13-5-7-17-16(8-13)21(27-35-17)15-9-14(6-4-12(15)2)34-11-20(31)32/h4-10H,3,11H2,1-2H3,(H,31,32). The number of carboxylic acid groups (broad SMARTS) is 1. The summed E-state index contributed by atoms with van der Waals surface area (Å²) in [4.78, 5) is 36.3. The molecule has 4 aromatic rings. The average Bonchev–Trinajstić information content (AvgIpc) is 3.20. The van der Waals surface area contributed by atoms with Crippen LogP contribution >= 0.6 is 11.5 Å². The zero-order valence-corrected chi connectivity index (χ0v) is 19.2. The minimum atomic E-state index is -4.85. The van der Waals surface area contributed by atoms with Gasteiger partial charge in [0.15, 0.2) is 6.61 Å². The molecule has 0 bridgehead atoms. The Morgan fingerprint density at radius 2 is 1.89 bits per heavy atom. The van der Waals surface area contributed by atoms with Crippen molar-refractivity contribution in [2.24, 2.45) is 0 Å². The molecular formula is C23H18F3N3O5S. The number of halogens is 3. The van der Waals surface area contributed by atoms with Gasteiger partial charge >= 0.3 is 17.8 Å². The second kappa shape index (κ2) is 9.02. The Kier molecular flexibility index (Phi) is 6.24. The lowest BCUT2D eigenvalue weighted by Crippen LogP contribution is -2.41. The summed E-state index contributed by atoms with van der Waals surface area (Å²) in [5, 5.41) is 9.42. The molecule has 0 aliphatic rings. The highest BCUT2D eigenvalue weighted by Gasteiger charge is 2.35. The van der Waals surface area contributed by atoms with Crippen molar-refractivity contribution < 1.29 is 27.8 Å². The van der Waals surface area contributed by atoms with Gasteiger partial charge in [0.2, 0.25) is 0 Å². The monoisotopic (exact) mass is 505 g/mol. The predicted molar refractivity (Wildman–Crippen MR) is 123 cm³/mol. The maximum absolute atomic E-state index is 13.3. The van der Waals surface area contributed by atoms with Crippen LogP contribution in [0, 0.1) is 6.92 Å². The summed E-state index contributed by atoms with van der Waals surface area (Å²) in [5.74, 6) is -0.814. The molecule has 0 amide bonds. The highest BCUT2D eigenvalue weighted by atomic mass is 32.1. The van der Waals surface area contributed by atoms with Gasteiger partial charge in [-0.05, 0) is 61.3 Å². The highest BCUT2D eigenvalue weighted by Crippen LogP contribution is 2.35. The SMILES string of the molecule is CCn1c(C(F)(F)F)cc(=O)n(-c2ccc3snc(-c4cc(OCC(=O)O)ccc4C)c3c2)c1=O. The zero-order valence-electron chi connectivity index (χ0n) is 18.4. The van der Waals surface area contributed by atoms with Crippen LogP contribution < -0.4 is 16.0 Å². The van der Waals surface area contributed by atoms with Crippen LogP contribution in [0.2, 0.25) is 0 Å². The third kappa shape index (κ3) is 4.56. The molecule has 0 saturated heterocycles. The molecule has 1 N–H and O–H groups in total. The van der Waals surface area contributed by atoms with E-state index in [0.717, 1.165) is 21.8 Å². The van der Waals surface area contributed by atoms with Crippen LogP contribution in [0.15, 0.2) is 52.1 Å². The summed E-state index contributed by atoms with van der Waals surface area (Å²) in [6.45, 7) is 2.41. The molecule has 2 heterocycles. The topological polar surface area (TPSA) is 103 Å². The fourth-order valence-corrected chi connectivity index (χ4v) is 4.48. The van der Waals surface area contributed by atoms with Gasteiger partial charge in [-0.2, -0.15) is 17.5 Å². The Hall–Kier alpha value is -3.93. The van der Waals surface area contributed by atoms with Gasteiger partial charge in [-0.25, -0.2) is 14.2 Å². The second-order valence-corrected chi connectivity index (χ2v) is 8.40. The first-order valence-corrected chi connectivity index (χ1v) is 11.1. The fourth-order valence-electron chi connectivity index (χ4n) is 3.71. The van der Waals surface area contributed by atoms with Gasteiger partial charge in [-0.3, -0.25) is 9.36 Å². The summed E-state index contributed by atoms with van der Waals surface area (Å²) >= 11 is 1.16. The summed E-state index contributed by atoms with van der Waals surface area (Å²) in [7, 11) is 0. The molecular weight excluding hydrogens is 487 g/mol. The summed E-state index contributed by atoms with van der Waals surface area (Å²) in [5.41, 5.74) is -1.46. The van der Waals surface area contributed by atoms with Gasteiger partial charge in [0, 0.05) is 23.6 Å². The van der Waals surface area contributed by atoms with Crippen LogP contribution in [0.1, 0.15) is 18.2 Å². The van der Waals surface area contributed by atoms with Gasteiger partial charge in [0.05, 0.1) is 16.1 Å². The van der Waals surface area contributed by atoms with E-state index in [1.54, 1.807) is 24.3 Å². The van der Waals surface area contributed by atoms with Crippen molar-refractivity contribution in [2.75, 3.05) is 6.61 Å². The molecule has 4 rings (SSSR count). The van der Waals surface area contributed by atoms with Crippen molar-refractivity contribution >= 4 is 27.6 Å². The van der Waals surface area contributed by atoms with Crippen molar-refractivity contribution in [3.05, 3.63) is 74.6 Å². The second-order valence-electron chi connectivity index (χ2n) is 7.60. The van der Waals surface area contributed by atoms with E-state index in [2.05, 4.69) is 4.37 Å². The number of fused-ring (bicyclic) bond motifs is 1. The fraction of sp³-hybridized carbons (Fsp3) is 0.217. The van der Waals surface area contributed by atoms with E-state index < -0.39 is 35.7 Å². The molecule has 2 aromatic heterocycles. The van der Waals surface area contributed by atoms with E-state index in [9.17, 15) is 27.6 Å². The molecule has 0 radical (unpaired) electrons. The van der Waals surface area contributed by atoms with Crippen LogP contribution in [0.5, 0.6) is 5.75 Å². The van der Waals surface area contributed by atoms with Crippen LogP contribution in [0.3, 0.4) is 0 Å². The lowest BCUT2D eigenvalue weighted by molar-refractivity contribution is -0.144. The number of alkyl halides is 3. The van der Waals surface area contributed by atoms with E-state index >= 15 is 0 Å². The van der Waals surface area contributed by atoms with E-state index in [-0.39, 0.29) is 12.2 Å². The molecule has 0 atom stereocenters. The molecule has 0 spiro atoms. The van der Waals surface area contributed by atoms with Crippen LogP contribution in [-0.2, 0) is 17.5 Å². The van der Waals surface area contributed by atoms with Gasteiger partial charge in [0.1, 0.15) is 11.4 Å². The van der Waals surface area contributed by atoms with Crippen molar-refractivity contribution in [3.63, 3.8) is 0 Å². The molecule has 2 aromatic carbocycles. The first-order valence-electron chi connectivity index (χ1n) is 10.3. The number of hydrogen-bond acceptors (Lipinski definition) is 6. The predicted octanol–water partition coefficient (Wildman–Crippen LogP) is 4.09. The Morgan fingerprint density at radius 3 is 2.54 bits per heavy atom. The largest absolute Gasteiger partial charge is 0.482 e. The molecule has 0 aliphatic carbocycles. The average molecular weight is 505 g/mol. The molecule has 0 saturated carbocycles. The maximum Gasteiger partial charge on any atom is 0.431 e. The molecule has 8 nitrogen and oxygen atoms in total. The Balaban J connectivity index is 1.88. The first-order chi connectivity index (χ1) is 16.5. The smallest absolute Gasteiger partial charge is 0.431 e. The van der Waals surface area contributed by atoms with Gasteiger partial charge in [0.25, 0.3) is 5.56 Å². The number of aryl methyl sites for hydroxylation is 1. The maximum atomic E-state index is 13.3. The third-order valence-corrected chi connectivity index (χ3v) is 6.16. The Morgan fingerprint density at radius 1 is 1.14 bits per heavy atom. The van der Waals surface area contributed by atoms with Crippen molar-refractivity contribution in [2.45, 2.75) is 26.6 Å². The number of aromatic nitrogens is 3. The van der Waals surface area contributed by atoms with Crippen molar-refractivity contribution in [1.29, 1.82) is 0 Å². The number of carbonyl (C=O) groups is 1. The zero-order chi connectivity index (χ0) is 25.5. The number of rotatable bonds is 6. The van der Waals surface area contributed by atoms with Crippen LogP contribution in [-0.4, -0.2) is 31.2 Å². The van der Waals surface area contributed by atoms with Gasteiger partial charge in [-0.1, -0.05) is 6.07 Å². The molecule has 0 fully saturated rings. The summed E-state index contributed by atoms with van der Waals surface area (Å²) < 4.78 is 51.7. The minimum Gasteiger partial charge on any atom is -0.482 e. The molecule has 0 unspecified atom stereocenters. The molecule has 182 valence electrons. The van der Waals surface area contributed by atoms with E-state index in [1.807, 2.05) is 6.92 Å². The third-order valence-electron chi connectivity index (χ3n) is 5.34. The highest BCUT2D eigenvalue weighted by molar-refractivity contribution is 7.13. The Bertz CT molecular complexity index is 1570. The van der Waals surface area contributed by atoms with Crippen molar-refractivity contribution in [3.8, 4) is 22.7 Å². The lowest BCUT2D eigenvalue weighted by atomic mass is 10.0.